The molecule has 0 spiro atoms. The van der Waals surface area contributed by atoms with Gasteiger partial charge < -0.3 is 98.3 Å². The first-order chi connectivity index (χ1) is 37.4. The number of β-amino-alcohol motifs (C(OH)–C–C–N with tert-alkyl or cyclic N) is 4. The minimum absolute atomic E-state index is 0.0234. The molecule has 17 N–H and O–H groups in total. The Morgan fingerprint density at radius 3 is 1.41 bits per heavy atom. The number of aliphatic hydroxyl groups excluding tert-OH is 6. The Labute approximate surface area is 453 Å². The lowest BCUT2D eigenvalue weighted by Crippen LogP contribution is -2.61. The van der Waals surface area contributed by atoms with Crippen LogP contribution in [0.2, 0.25) is 0 Å². The van der Waals surface area contributed by atoms with Crippen molar-refractivity contribution in [3.8, 4) is 11.5 Å². The van der Waals surface area contributed by atoms with E-state index in [4.69, 9.17) is 11.5 Å². The van der Waals surface area contributed by atoms with Crippen LogP contribution in [0, 0.1) is 0 Å². The van der Waals surface area contributed by atoms with Gasteiger partial charge in [-0.05, 0) is 68.1 Å². The van der Waals surface area contributed by atoms with Crippen LogP contribution in [0.3, 0.4) is 0 Å². The second-order valence-electron chi connectivity index (χ2n) is 20.6. The number of nitrogens with zero attached hydrogens (tertiary/aromatic N) is 4. The van der Waals surface area contributed by atoms with Gasteiger partial charge in [0.1, 0.15) is 65.9 Å². The Balaban J connectivity index is 1.19. The number of amides is 8. The summed E-state index contributed by atoms with van der Waals surface area (Å²) < 4.78 is 0. The number of carbonyl (C=O) groups excluding carboxylic acids is 8. The fraction of sp³-hybridized carbons (Fsp3) is 0.588. The minimum atomic E-state index is -1.86. The first-order valence-electron chi connectivity index (χ1n) is 26.1. The van der Waals surface area contributed by atoms with Gasteiger partial charge in [-0.2, -0.15) is 0 Å². The molecule has 0 bridgehead atoms. The lowest BCUT2D eigenvalue weighted by Gasteiger charge is -2.35. The summed E-state index contributed by atoms with van der Waals surface area (Å²) >= 11 is 0. The molecule has 0 aliphatic carbocycles. The molecule has 4 fully saturated rings. The summed E-state index contributed by atoms with van der Waals surface area (Å²) in [5, 5.41) is 103. The molecule has 4 aliphatic rings. The number of rotatable bonds is 23. The van der Waals surface area contributed by atoms with Gasteiger partial charge in [-0.3, -0.25) is 38.4 Å². The molecule has 28 heteroatoms. The maximum absolute atomic E-state index is 14.6. The highest BCUT2D eigenvalue weighted by Gasteiger charge is 2.51. The summed E-state index contributed by atoms with van der Waals surface area (Å²) in [4.78, 5) is 129. The molecule has 28 nitrogen and oxygen atoms in total. The van der Waals surface area contributed by atoms with Crippen molar-refractivity contribution in [2.24, 2.45) is 11.5 Å². The van der Waals surface area contributed by atoms with E-state index >= 15 is 0 Å². The Morgan fingerprint density at radius 1 is 0.570 bits per heavy atom. The van der Waals surface area contributed by atoms with Gasteiger partial charge in [-0.25, -0.2) is 4.79 Å². The van der Waals surface area contributed by atoms with E-state index in [0.29, 0.717) is 24.0 Å². The van der Waals surface area contributed by atoms with Crippen LogP contribution in [-0.2, 0) is 56.0 Å². The third-order valence-corrected chi connectivity index (χ3v) is 14.6. The first kappa shape index (κ1) is 61.2. The number of carboxylic acid groups (broad SMARTS) is 1. The molecule has 0 saturated carbocycles. The number of nitrogens with two attached hydrogens (primary N) is 2. The number of phenols is 2. The van der Waals surface area contributed by atoms with E-state index in [9.17, 15) is 89.1 Å². The molecule has 4 saturated heterocycles. The van der Waals surface area contributed by atoms with Gasteiger partial charge in [0.15, 0.2) is 0 Å². The zero-order chi connectivity index (χ0) is 58.0. The van der Waals surface area contributed by atoms with Crippen LogP contribution in [0.4, 0.5) is 0 Å². The third kappa shape index (κ3) is 15.4. The van der Waals surface area contributed by atoms with Crippen LogP contribution in [0.25, 0.3) is 0 Å². The van der Waals surface area contributed by atoms with Crippen molar-refractivity contribution in [1.82, 2.24) is 40.9 Å². The zero-order valence-electron chi connectivity index (χ0n) is 43.5. The number of aliphatic hydroxyl groups is 6. The van der Waals surface area contributed by atoms with Crippen LogP contribution in [0.5, 0.6) is 11.5 Å². The van der Waals surface area contributed by atoms with E-state index in [1.807, 2.05) is 0 Å². The van der Waals surface area contributed by atoms with Crippen molar-refractivity contribution in [3.05, 3.63) is 59.7 Å². The molecule has 2 aromatic rings. The maximum Gasteiger partial charge on any atom is 0.326 e. The number of phenolic OH excluding ortho intramolecular Hbond substituents is 2. The Morgan fingerprint density at radius 2 is 0.962 bits per heavy atom. The van der Waals surface area contributed by atoms with Gasteiger partial charge in [-0.15, -0.1) is 0 Å². The number of nitrogens with one attached hydrogen (secondary N) is 4. The second kappa shape index (κ2) is 27.2. The number of likely N-dealkylation sites (tertiary alicyclic amines) is 4. The van der Waals surface area contributed by atoms with Crippen molar-refractivity contribution in [2.75, 3.05) is 39.3 Å². The van der Waals surface area contributed by atoms with Gasteiger partial charge in [0, 0.05) is 64.7 Å². The quantitative estimate of drug-likeness (QED) is 0.0460. The van der Waals surface area contributed by atoms with Gasteiger partial charge in [-0.1, -0.05) is 24.3 Å². The average molecular weight is 1110 g/mol. The largest absolute Gasteiger partial charge is 0.508 e. The number of aliphatic carboxylic acids is 1. The number of carbonyl (C=O) groups is 9. The van der Waals surface area contributed by atoms with Crippen molar-refractivity contribution >= 4 is 53.2 Å². The van der Waals surface area contributed by atoms with E-state index in [-0.39, 0.29) is 56.6 Å². The molecule has 14 atom stereocenters. The molecular formula is C51H72N10O18. The zero-order valence-corrected chi connectivity index (χ0v) is 43.5. The number of hydrogen-bond donors (Lipinski definition) is 15. The topological polar surface area (TPSA) is 449 Å². The van der Waals surface area contributed by atoms with Crippen molar-refractivity contribution in [1.29, 1.82) is 0 Å². The Kier molecular flexibility index (Phi) is 21.1. The molecule has 4 aliphatic heterocycles. The van der Waals surface area contributed by atoms with Crippen molar-refractivity contribution in [2.45, 2.75) is 150 Å². The molecule has 4 heterocycles. The molecule has 0 aromatic heterocycles. The van der Waals surface area contributed by atoms with Crippen molar-refractivity contribution < 1.29 is 89.1 Å². The van der Waals surface area contributed by atoms with Crippen LogP contribution in [0.15, 0.2) is 48.5 Å². The Bertz CT molecular complexity index is 2520. The summed E-state index contributed by atoms with van der Waals surface area (Å²) in [6, 6.07) is -2.40. The highest BCUT2D eigenvalue weighted by Crippen LogP contribution is 2.30. The second-order valence-corrected chi connectivity index (χ2v) is 20.6. The predicted octanol–water partition coefficient (Wildman–Crippen LogP) is -6.42. The molecule has 0 radical (unpaired) electrons. The first-order valence-corrected chi connectivity index (χ1v) is 26.1. The van der Waals surface area contributed by atoms with Crippen LogP contribution in [-0.4, -0.2) is 243 Å². The highest BCUT2D eigenvalue weighted by atomic mass is 16.4. The molecule has 8 amide bonds. The monoisotopic (exact) mass is 1110 g/mol. The fourth-order valence-electron chi connectivity index (χ4n) is 10.4. The Hall–Kier alpha value is -7.05. The molecule has 0 unspecified atom stereocenters. The number of aromatic hydroxyl groups is 2. The maximum atomic E-state index is 14.6. The fourth-order valence-corrected chi connectivity index (χ4v) is 10.4. The van der Waals surface area contributed by atoms with Gasteiger partial charge in [0.05, 0.1) is 37.1 Å². The average Bonchev–Trinajstić information content (AvgIpc) is 4.42. The van der Waals surface area contributed by atoms with Crippen LogP contribution < -0.4 is 32.7 Å². The molecule has 434 valence electrons. The summed E-state index contributed by atoms with van der Waals surface area (Å²) in [7, 11) is 0. The summed E-state index contributed by atoms with van der Waals surface area (Å²) in [5.41, 5.74) is 12.1. The normalized spacial score (nSPS) is 25.2. The lowest BCUT2D eigenvalue weighted by molar-refractivity contribution is -0.151. The summed E-state index contributed by atoms with van der Waals surface area (Å²) in [6.45, 7) is -1.06. The number of unbranched alkanes of at least 4 members (excludes halogenated alkanes) is 1. The third-order valence-electron chi connectivity index (χ3n) is 14.6. The van der Waals surface area contributed by atoms with E-state index in [1.165, 1.54) is 48.5 Å². The SMILES string of the molecule is C[C@@H](O)[C@H](NC(=O)[C@@H]1C[C@@H](O)CN1C(=O)[C@@H]1C[C@@H](O)CN1C(=O)[C@@H]1C[C@@H](O)CN1C(=O)[C@H](Cc1ccc(O)cc1)NC(=O)[C@@H](N)CO)C(=O)N[C@@H](Cc1ccc(O)cc1)C(=O)N1C[C@H](O)C[C@H]1C(=O)N[C@@H](CCCCN)C(=O)O. The van der Waals surface area contributed by atoms with Gasteiger partial charge >= 0.3 is 5.97 Å². The van der Waals surface area contributed by atoms with Gasteiger partial charge in [0.25, 0.3) is 0 Å². The summed E-state index contributed by atoms with van der Waals surface area (Å²) in [6.07, 6.45) is -7.86. The highest BCUT2D eigenvalue weighted by molar-refractivity contribution is 5.99. The van der Waals surface area contributed by atoms with E-state index in [2.05, 4.69) is 21.3 Å². The van der Waals surface area contributed by atoms with E-state index < -0.39 is 177 Å². The van der Waals surface area contributed by atoms with Crippen LogP contribution >= 0.6 is 0 Å². The molecule has 79 heavy (non-hydrogen) atoms. The summed E-state index contributed by atoms with van der Waals surface area (Å²) in [5.74, 6) is -9.14. The smallest absolute Gasteiger partial charge is 0.326 e. The predicted molar refractivity (Wildman–Crippen MR) is 273 cm³/mol. The van der Waals surface area contributed by atoms with E-state index in [0.717, 1.165) is 26.5 Å². The number of benzene rings is 2. The molecule has 2 aromatic carbocycles. The van der Waals surface area contributed by atoms with Gasteiger partial charge in [0.2, 0.25) is 47.3 Å². The lowest BCUT2D eigenvalue weighted by atomic mass is 10.0. The molecular weight excluding hydrogens is 1040 g/mol. The number of carboxylic acids is 1. The van der Waals surface area contributed by atoms with Crippen molar-refractivity contribution in [3.63, 3.8) is 0 Å². The van der Waals surface area contributed by atoms with Crippen LogP contribution in [0.1, 0.15) is 63.0 Å². The standard InChI is InChI=1S/C51H72N10O18/c1-25(63)42(46(73)56-37(15-27-7-11-29(65)12-8-27)47(74)58-20-30(66)16-38(58)44(71)54-35(51(78)79)4-2-3-13-52)57-45(72)39-17-31(67)21-59(39)49(76)41-19-33(69)23-61(41)50(77)40-18-32(68)22-60(40)48(75)36(55-43(70)34(53)24-62)14-26-5-9-28(64)10-6-26/h5-12,25,30-42,62-69H,2-4,13-24,52-53H2,1H3,(H,54,71)(H,55,70)(H,56,73)(H,57,72)(H,78,79)/t25-,30-,31-,32-,33-,34+,35+,36+,37+,38+,39+,40+,41+,42+/m1/s1. The number of hydrogen-bond acceptors (Lipinski definition) is 19. The molecule has 6 rings (SSSR count). The van der Waals surface area contributed by atoms with E-state index in [1.54, 1.807) is 0 Å². The minimum Gasteiger partial charge on any atom is -0.508 e.